The van der Waals surface area contributed by atoms with E-state index in [4.69, 9.17) is 23.7 Å². The molecule has 1 aromatic heterocycles. The molecule has 11 heteroatoms. The smallest absolute Gasteiger partial charge is 0.303 e. The summed E-state index contributed by atoms with van der Waals surface area (Å²) in [6, 6.07) is 0. The molecule has 11 nitrogen and oxygen atoms in total. The van der Waals surface area contributed by atoms with Crippen LogP contribution in [-0.2, 0) is 51.0 Å². The third-order valence-electron chi connectivity index (χ3n) is 6.57. The highest BCUT2D eigenvalue weighted by Gasteiger charge is 2.50. The van der Waals surface area contributed by atoms with E-state index in [0.717, 1.165) is 50.8 Å². The Morgan fingerprint density at radius 2 is 1.41 bits per heavy atom. The van der Waals surface area contributed by atoms with Crippen LogP contribution >= 0.6 is 0 Å². The van der Waals surface area contributed by atoms with Gasteiger partial charge < -0.3 is 23.7 Å². The summed E-state index contributed by atoms with van der Waals surface area (Å²) in [6.45, 7) is 8.84. The van der Waals surface area contributed by atoms with Gasteiger partial charge >= 0.3 is 17.9 Å². The highest BCUT2D eigenvalue weighted by atomic mass is 16.7. The third-order valence-corrected chi connectivity index (χ3v) is 6.57. The van der Waals surface area contributed by atoms with Gasteiger partial charge in [0.25, 0.3) is 0 Å². The molecule has 0 aromatic carbocycles. The lowest BCUT2D eigenvalue weighted by molar-refractivity contribution is -0.300. The van der Waals surface area contributed by atoms with Crippen LogP contribution in [0.4, 0.5) is 0 Å². The summed E-state index contributed by atoms with van der Waals surface area (Å²) >= 11 is 0. The molecule has 0 N–H and O–H groups in total. The van der Waals surface area contributed by atoms with E-state index in [1.807, 2.05) is 4.68 Å². The van der Waals surface area contributed by atoms with Gasteiger partial charge in [-0.3, -0.25) is 19.1 Å². The highest BCUT2D eigenvalue weighted by Crippen LogP contribution is 2.29. The maximum absolute atomic E-state index is 11.8. The Bertz CT molecular complexity index is 877. The molecule has 1 aliphatic rings. The number of aryl methyl sites for hydroxylation is 2. The number of carbonyl (C=O) groups excluding carboxylic acids is 3. The second-order valence-electron chi connectivity index (χ2n) is 10.2. The number of nitrogens with zero attached hydrogens (tertiary/aromatic N) is 3. The largest absolute Gasteiger partial charge is 0.456 e. The Hall–Kier alpha value is -2.53. The normalized spacial score (nSPS) is 22.8. The first kappa shape index (κ1) is 32.7. The number of unbranched alkanes of at least 4 members (excludes halogenated alkanes) is 8. The van der Waals surface area contributed by atoms with Crippen LogP contribution in [0.15, 0.2) is 6.20 Å². The van der Waals surface area contributed by atoms with Crippen LogP contribution in [-0.4, -0.2) is 70.2 Å². The summed E-state index contributed by atoms with van der Waals surface area (Å²) in [5.41, 5.74) is 1.06. The van der Waals surface area contributed by atoms with E-state index in [-0.39, 0.29) is 0 Å². The minimum atomic E-state index is -1.06. The van der Waals surface area contributed by atoms with E-state index in [2.05, 4.69) is 23.4 Å². The molecule has 0 saturated carbocycles. The highest BCUT2D eigenvalue weighted by molar-refractivity contribution is 5.68. The fraction of sp³-hybridized carbons (Fsp3) is 0.821. The van der Waals surface area contributed by atoms with Gasteiger partial charge in [0.15, 0.2) is 24.6 Å². The van der Waals surface area contributed by atoms with Crippen LogP contribution in [0.2, 0.25) is 0 Å². The van der Waals surface area contributed by atoms with E-state index in [0.29, 0.717) is 6.61 Å². The number of hydrogen-bond donors (Lipinski definition) is 0. The minimum Gasteiger partial charge on any atom is -0.456 e. The number of rotatable bonds is 18. The molecular formula is C28H47N3O8. The van der Waals surface area contributed by atoms with E-state index in [9.17, 15) is 14.4 Å². The van der Waals surface area contributed by atoms with Gasteiger partial charge in [-0.2, -0.15) is 0 Å². The number of ether oxygens (including phenoxy) is 5. The number of aromatic nitrogens is 3. The zero-order valence-corrected chi connectivity index (χ0v) is 24.3. The SMILES string of the molecule is CCCCCCCCc1cn(CCCCCCO[C@@H]2O[C@@H](C)[C@H](OC(C)=O)[C@@H](OC(C)=O)[C@H]2OC(C)=O)nn1. The first-order valence-electron chi connectivity index (χ1n) is 14.4. The van der Waals surface area contributed by atoms with Crippen molar-refractivity contribution in [2.24, 2.45) is 0 Å². The van der Waals surface area contributed by atoms with Gasteiger partial charge in [-0.15, -0.1) is 5.10 Å². The molecule has 1 fully saturated rings. The topological polar surface area (TPSA) is 128 Å². The molecule has 0 amide bonds. The van der Waals surface area contributed by atoms with Crippen LogP contribution < -0.4 is 0 Å². The van der Waals surface area contributed by atoms with Crippen LogP contribution in [0, 0.1) is 0 Å². The summed E-state index contributed by atoms with van der Waals surface area (Å²) in [6.07, 6.45) is 9.69. The molecule has 2 heterocycles. The van der Waals surface area contributed by atoms with Crippen molar-refractivity contribution >= 4 is 17.9 Å². The summed E-state index contributed by atoms with van der Waals surface area (Å²) in [5, 5.41) is 8.54. The van der Waals surface area contributed by atoms with Gasteiger partial charge in [0.2, 0.25) is 0 Å². The summed E-state index contributed by atoms with van der Waals surface area (Å²) in [4.78, 5) is 35.1. The Morgan fingerprint density at radius 3 is 2.10 bits per heavy atom. The lowest BCUT2D eigenvalue weighted by Gasteiger charge is -2.43. The van der Waals surface area contributed by atoms with Crippen molar-refractivity contribution in [3.8, 4) is 0 Å². The Balaban J connectivity index is 1.73. The molecule has 1 saturated heterocycles. The fourth-order valence-corrected chi connectivity index (χ4v) is 4.68. The first-order valence-corrected chi connectivity index (χ1v) is 14.4. The van der Waals surface area contributed by atoms with Crippen LogP contribution in [0.5, 0.6) is 0 Å². The predicted molar refractivity (Wildman–Crippen MR) is 143 cm³/mol. The minimum absolute atomic E-state index is 0.367. The summed E-state index contributed by atoms with van der Waals surface area (Å²) in [5.74, 6) is -1.74. The van der Waals surface area contributed by atoms with Crippen molar-refractivity contribution in [2.45, 2.75) is 142 Å². The molecule has 1 aliphatic heterocycles. The third kappa shape index (κ3) is 12.5. The Morgan fingerprint density at radius 1 is 0.821 bits per heavy atom. The zero-order valence-electron chi connectivity index (χ0n) is 24.3. The lowest BCUT2D eigenvalue weighted by atomic mass is 9.99. The van der Waals surface area contributed by atoms with E-state index in [1.54, 1.807) is 6.92 Å². The molecule has 0 aliphatic carbocycles. The fourth-order valence-electron chi connectivity index (χ4n) is 4.68. The number of hydrogen-bond acceptors (Lipinski definition) is 10. The molecule has 0 bridgehead atoms. The summed E-state index contributed by atoms with van der Waals surface area (Å²) in [7, 11) is 0. The van der Waals surface area contributed by atoms with Gasteiger partial charge in [0.1, 0.15) is 0 Å². The Labute approximate surface area is 232 Å². The van der Waals surface area contributed by atoms with E-state index >= 15 is 0 Å². The predicted octanol–water partition coefficient (Wildman–Crippen LogP) is 4.30. The first-order chi connectivity index (χ1) is 18.7. The zero-order chi connectivity index (χ0) is 28.6. The summed E-state index contributed by atoms with van der Waals surface area (Å²) < 4.78 is 29.8. The van der Waals surface area contributed by atoms with Crippen LogP contribution in [0.25, 0.3) is 0 Å². The average Bonchev–Trinajstić information content (AvgIpc) is 3.32. The molecule has 2 rings (SSSR count). The van der Waals surface area contributed by atoms with E-state index in [1.165, 1.54) is 52.9 Å². The van der Waals surface area contributed by atoms with Crippen molar-refractivity contribution < 1.29 is 38.1 Å². The molecule has 0 unspecified atom stereocenters. The maximum atomic E-state index is 11.8. The number of esters is 3. The average molecular weight is 554 g/mol. The van der Waals surface area contributed by atoms with Crippen molar-refractivity contribution in [1.29, 1.82) is 0 Å². The van der Waals surface area contributed by atoms with Crippen LogP contribution in [0.1, 0.15) is 105 Å². The molecule has 222 valence electrons. The van der Waals surface area contributed by atoms with Crippen molar-refractivity contribution in [3.05, 3.63) is 11.9 Å². The second-order valence-corrected chi connectivity index (χ2v) is 10.2. The number of carbonyl (C=O) groups is 3. The molecule has 1 aromatic rings. The molecule has 39 heavy (non-hydrogen) atoms. The van der Waals surface area contributed by atoms with Gasteiger partial charge in [-0.05, 0) is 32.6 Å². The van der Waals surface area contributed by atoms with Crippen molar-refractivity contribution in [2.75, 3.05) is 6.61 Å². The monoisotopic (exact) mass is 553 g/mol. The standard InChI is InChI=1S/C28H47N3O8/c1-6-7-8-9-10-13-16-24-19-31(30-29-24)17-14-11-12-15-18-35-28-27(39-23(5)34)26(38-22(4)33)25(20(2)36-28)37-21(3)32/h19-20,25-28H,6-18H2,1-5H3/t20-,25-,26+,27+,28+/m0/s1. The van der Waals surface area contributed by atoms with Crippen molar-refractivity contribution in [3.63, 3.8) is 0 Å². The molecule has 0 radical (unpaired) electrons. The Kier molecular flexibility index (Phi) is 15.0. The quantitative estimate of drug-likeness (QED) is 0.147. The molecular weight excluding hydrogens is 506 g/mol. The molecule has 5 atom stereocenters. The van der Waals surface area contributed by atoms with Gasteiger partial charge in [0, 0.05) is 40.1 Å². The van der Waals surface area contributed by atoms with E-state index < -0.39 is 48.6 Å². The van der Waals surface area contributed by atoms with Crippen LogP contribution in [0.3, 0.4) is 0 Å². The van der Waals surface area contributed by atoms with Gasteiger partial charge in [0.05, 0.1) is 11.8 Å². The lowest BCUT2D eigenvalue weighted by Crippen LogP contribution is -2.61. The second kappa shape index (κ2) is 17.9. The van der Waals surface area contributed by atoms with Crippen molar-refractivity contribution in [1.82, 2.24) is 15.0 Å². The van der Waals surface area contributed by atoms with Gasteiger partial charge in [-0.1, -0.05) is 57.1 Å². The maximum Gasteiger partial charge on any atom is 0.303 e. The molecule has 0 spiro atoms. The van der Waals surface area contributed by atoms with Gasteiger partial charge in [-0.25, -0.2) is 0 Å².